The number of nitrogens with zero attached hydrogens (tertiary/aromatic N) is 2. The first-order chi connectivity index (χ1) is 6.77. The third-order valence-corrected chi connectivity index (χ3v) is 2.28. The van der Waals surface area contributed by atoms with E-state index in [-0.39, 0.29) is 0 Å². The summed E-state index contributed by atoms with van der Waals surface area (Å²) < 4.78 is 2.30. The molecule has 0 aliphatic carbocycles. The highest BCUT2D eigenvalue weighted by atomic mass is 32.1. The van der Waals surface area contributed by atoms with Gasteiger partial charge in [0.1, 0.15) is 0 Å². The number of hydrogen-bond acceptors (Lipinski definition) is 3. The van der Waals surface area contributed by atoms with E-state index in [1.165, 1.54) is 0 Å². The Morgan fingerprint density at radius 2 is 2.07 bits per heavy atom. The van der Waals surface area contributed by atoms with Crippen molar-refractivity contribution in [3.63, 3.8) is 0 Å². The molecule has 5 heteroatoms. The van der Waals surface area contributed by atoms with Gasteiger partial charge in [-0.1, -0.05) is 30.3 Å². The molecule has 0 atom stereocenters. The quantitative estimate of drug-likeness (QED) is 0.733. The van der Waals surface area contributed by atoms with E-state index in [2.05, 4.69) is 10.2 Å². The Morgan fingerprint density at radius 1 is 1.36 bits per heavy atom. The summed E-state index contributed by atoms with van der Waals surface area (Å²) in [5.74, 6) is 0.416. The van der Waals surface area contributed by atoms with Crippen LogP contribution in [0.25, 0.3) is 0 Å². The van der Waals surface area contributed by atoms with Crippen molar-refractivity contribution in [2.75, 3.05) is 5.73 Å². The maximum Gasteiger partial charge on any atom is 0.220 e. The zero-order chi connectivity index (χ0) is 9.97. The minimum atomic E-state index is 0.416. The van der Waals surface area contributed by atoms with Crippen molar-refractivity contribution in [3.05, 3.63) is 40.7 Å². The Balaban J connectivity index is 2.32. The highest BCUT2D eigenvalue weighted by Crippen LogP contribution is 2.06. The van der Waals surface area contributed by atoms with Gasteiger partial charge in [-0.25, -0.2) is 5.10 Å². The number of anilines is 1. The van der Waals surface area contributed by atoms with Crippen LogP contribution in [0.2, 0.25) is 0 Å². The number of aromatic amines is 1. The summed E-state index contributed by atoms with van der Waals surface area (Å²) in [6.45, 7) is 0.655. The maximum absolute atomic E-state index is 5.64. The molecule has 72 valence electrons. The molecule has 1 heterocycles. The number of aromatic nitrogens is 3. The standard InChI is InChI=1S/C9H10N4S/c10-8-11-12-9(14)13(8)6-7-4-2-1-3-5-7/h1-5H,6H2,(H2,10,11)(H,12,14). The molecular formula is C9H10N4S. The second kappa shape index (κ2) is 3.63. The lowest BCUT2D eigenvalue weighted by atomic mass is 10.2. The highest BCUT2D eigenvalue weighted by Gasteiger charge is 2.01. The molecule has 3 N–H and O–H groups in total. The average molecular weight is 206 g/mol. The van der Waals surface area contributed by atoms with Crippen LogP contribution in [0.15, 0.2) is 30.3 Å². The van der Waals surface area contributed by atoms with Gasteiger partial charge in [-0.2, -0.15) is 0 Å². The van der Waals surface area contributed by atoms with Gasteiger partial charge in [-0.05, 0) is 17.8 Å². The summed E-state index contributed by atoms with van der Waals surface area (Å²) in [7, 11) is 0. The van der Waals surface area contributed by atoms with E-state index in [4.69, 9.17) is 18.0 Å². The van der Waals surface area contributed by atoms with Crippen LogP contribution in [0.3, 0.4) is 0 Å². The molecule has 1 aromatic carbocycles. The first-order valence-electron chi connectivity index (χ1n) is 4.22. The molecule has 2 aromatic rings. The number of nitrogen functional groups attached to an aromatic ring is 1. The van der Waals surface area contributed by atoms with Gasteiger partial charge in [0.15, 0.2) is 4.77 Å². The molecule has 0 fully saturated rings. The summed E-state index contributed by atoms with van der Waals surface area (Å²) in [6, 6.07) is 9.98. The minimum absolute atomic E-state index is 0.416. The van der Waals surface area contributed by atoms with Crippen LogP contribution < -0.4 is 5.73 Å². The topological polar surface area (TPSA) is 59.6 Å². The van der Waals surface area contributed by atoms with Crippen LogP contribution in [0.1, 0.15) is 5.56 Å². The van der Waals surface area contributed by atoms with E-state index < -0.39 is 0 Å². The Kier molecular flexibility index (Phi) is 2.32. The SMILES string of the molecule is Nc1n[nH]c(=S)n1Cc1ccccc1. The lowest BCUT2D eigenvalue weighted by Crippen LogP contribution is -2.04. The maximum atomic E-state index is 5.64. The Labute approximate surface area is 86.4 Å². The van der Waals surface area contributed by atoms with Gasteiger partial charge in [0.05, 0.1) is 6.54 Å². The zero-order valence-electron chi connectivity index (χ0n) is 7.47. The zero-order valence-corrected chi connectivity index (χ0v) is 8.29. The summed E-state index contributed by atoms with van der Waals surface area (Å²) in [5.41, 5.74) is 6.79. The molecule has 0 saturated heterocycles. The largest absolute Gasteiger partial charge is 0.368 e. The molecule has 0 spiro atoms. The Bertz CT molecular complexity index is 471. The first-order valence-corrected chi connectivity index (χ1v) is 4.63. The van der Waals surface area contributed by atoms with Crippen molar-refractivity contribution in [2.45, 2.75) is 6.54 Å². The molecule has 1 aromatic heterocycles. The third kappa shape index (κ3) is 1.67. The lowest BCUT2D eigenvalue weighted by Gasteiger charge is -2.02. The third-order valence-electron chi connectivity index (χ3n) is 1.97. The molecule has 14 heavy (non-hydrogen) atoms. The first kappa shape index (κ1) is 8.96. The Morgan fingerprint density at radius 3 is 2.64 bits per heavy atom. The molecular weight excluding hydrogens is 196 g/mol. The van der Waals surface area contributed by atoms with Crippen LogP contribution in [0.4, 0.5) is 5.95 Å². The van der Waals surface area contributed by atoms with Gasteiger partial charge < -0.3 is 5.73 Å². The molecule has 0 saturated carbocycles. The van der Waals surface area contributed by atoms with Gasteiger partial charge in [-0.3, -0.25) is 4.57 Å². The lowest BCUT2D eigenvalue weighted by molar-refractivity contribution is 0.794. The summed E-state index contributed by atoms with van der Waals surface area (Å²) in [4.78, 5) is 0. The summed E-state index contributed by atoms with van der Waals surface area (Å²) in [6.07, 6.45) is 0. The molecule has 0 aliphatic heterocycles. The molecule has 0 unspecified atom stereocenters. The number of rotatable bonds is 2. The van der Waals surface area contributed by atoms with Crippen LogP contribution in [-0.4, -0.2) is 14.8 Å². The van der Waals surface area contributed by atoms with E-state index in [1.54, 1.807) is 4.57 Å². The summed E-state index contributed by atoms with van der Waals surface area (Å²) in [5, 5.41) is 6.48. The van der Waals surface area contributed by atoms with Crippen molar-refractivity contribution >= 4 is 18.2 Å². The van der Waals surface area contributed by atoms with Gasteiger partial charge >= 0.3 is 0 Å². The van der Waals surface area contributed by atoms with E-state index in [9.17, 15) is 0 Å². The van der Waals surface area contributed by atoms with Gasteiger partial charge in [0.2, 0.25) is 5.95 Å². The van der Waals surface area contributed by atoms with Gasteiger partial charge in [0.25, 0.3) is 0 Å². The average Bonchev–Trinajstić information content (AvgIpc) is 2.51. The molecule has 0 amide bonds. The Hall–Kier alpha value is -1.62. The number of H-pyrrole nitrogens is 1. The van der Waals surface area contributed by atoms with Crippen molar-refractivity contribution in [3.8, 4) is 0 Å². The van der Waals surface area contributed by atoms with Crippen molar-refractivity contribution in [2.24, 2.45) is 0 Å². The molecule has 0 aliphatic rings. The van der Waals surface area contributed by atoms with Gasteiger partial charge in [-0.15, -0.1) is 5.10 Å². The predicted molar refractivity (Wildman–Crippen MR) is 57.4 cm³/mol. The molecule has 2 rings (SSSR count). The normalized spacial score (nSPS) is 10.3. The van der Waals surface area contributed by atoms with Crippen LogP contribution in [0, 0.1) is 4.77 Å². The van der Waals surface area contributed by atoms with Crippen molar-refractivity contribution < 1.29 is 0 Å². The monoisotopic (exact) mass is 206 g/mol. The van der Waals surface area contributed by atoms with Crippen molar-refractivity contribution in [1.82, 2.24) is 14.8 Å². The van der Waals surface area contributed by atoms with E-state index >= 15 is 0 Å². The predicted octanol–water partition coefficient (Wildman–Crippen LogP) is 1.57. The van der Waals surface area contributed by atoms with E-state index in [1.807, 2.05) is 30.3 Å². The fraction of sp³-hybridized carbons (Fsp3) is 0.111. The van der Waals surface area contributed by atoms with Crippen molar-refractivity contribution in [1.29, 1.82) is 0 Å². The second-order valence-corrected chi connectivity index (χ2v) is 3.35. The van der Waals surface area contributed by atoms with Gasteiger partial charge in [0, 0.05) is 0 Å². The number of hydrogen-bond donors (Lipinski definition) is 2. The van der Waals surface area contributed by atoms with Crippen LogP contribution in [0.5, 0.6) is 0 Å². The van der Waals surface area contributed by atoms with Crippen LogP contribution >= 0.6 is 12.2 Å². The number of nitrogens with two attached hydrogens (primary N) is 1. The number of benzene rings is 1. The fourth-order valence-electron chi connectivity index (χ4n) is 1.25. The number of nitrogens with one attached hydrogen (secondary N) is 1. The highest BCUT2D eigenvalue weighted by molar-refractivity contribution is 7.71. The van der Waals surface area contributed by atoms with E-state index in [0.717, 1.165) is 5.56 Å². The minimum Gasteiger partial charge on any atom is -0.368 e. The summed E-state index contributed by atoms with van der Waals surface area (Å²) >= 11 is 5.04. The second-order valence-electron chi connectivity index (χ2n) is 2.96. The van der Waals surface area contributed by atoms with E-state index in [0.29, 0.717) is 17.3 Å². The molecule has 0 radical (unpaired) electrons. The smallest absolute Gasteiger partial charge is 0.220 e. The molecule has 4 nitrogen and oxygen atoms in total. The fourth-order valence-corrected chi connectivity index (χ4v) is 1.45. The molecule has 0 bridgehead atoms. The van der Waals surface area contributed by atoms with Crippen LogP contribution in [-0.2, 0) is 6.54 Å².